The van der Waals surface area contributed by atoms with Crippen molar-refractivity contribution in [1.29, 1.82) is 0 Å². The molecule has 1 aliphatic rings. The zero-order valence-corrected chi connectivity index (χ0v) is 17.7. The maximum Gasteiger partial charge on any atom is 0.224 e. The predicted molar refractivity (Wildman–Crippen MR) is 119 cm³/mol. The predicted octanol–water partition coefficient (Wildman–Crippen LogP) is 3.48. The summed E-state index contributed by atoms with van der Waals surface area (Å²) in [6, 6.07) is 12.7. The molecule has 0 unspecified atom stereocenters. The van der Waals surface area contributed by atoms with E-state index in [2.05, 4.69) is 20.8 Å². The Morgan fingerprint density at radius 2 is 2.06 bits per heavy atom. The maximum atomic E-state index is 12.8. The van der Waals surface area contributed by atoms with Crippen LogP contribution in [0.3, 0.4) is 0 Å². The summed E-state index contributed by atoms with van der Waals surface area (Å²) in [4.78, 5) is 35.8. The van der Waals surface area contributed by atoms with Gasteiger partial charge >= 0.3 is 0 Å². The zero-order valence-electron chi connectivity index (χ0n) is 16.9. The van der Waals surface area contributed by atoms with Crippen molar-refractivity contribution in [2.24, 2.45) is 0 Å². The van der Waals surface area contributed by atoms with Gasteiger partial charge in [0, 0.05) is 30.3 Å². The molecule has 0 spiro atoms. The smallest absolute Gasteiger partial charge is 0.224 e. The minimum Gasteiger partial charge on any atom is -0.326 e. The second-order valence-corrected chi connectivity index (χ2v) is 8.14. The molecule has 0 saturated heterocycles. The van der Waals surface area contributed by atoms with Gasteiger partial charge in [-0.05, 0) is 54.8 Å². The molecule has 0 bridgehead atoms. The summed E-state index contributed by atoms with van der Waals surface area (Å²) in [5.41, 5.74) is 3.83. The van der Waals surface area contributed by atoms with E-state index in [-0.39, 0.29) is 23.4 Å². The highest BCUT2D eigenvalue weighted by molar-refractivity contribution is 7.99. The Morgan fingerprint density at radius 3 is 2.90 bits per heavy atom. The molecule has 31 heavy (non-hydrogen) atoms. The molecule has 8 nitrogen and oxygen atoms in total. The van der Waals surface area contributed by atoms with Gasteiger partial charge in [-0.25, -0.2) is 0 Å². The van der Waals surface area contributed by atoms with Gasteiger partial charge in [-0.3, -0.25) is 19.0 Å². The molecular formula is C22H21N5O3S. The Labute approximate surface area is 183 Å². The van der Waals surface area contributed by atoms with Crippen molar-refractivity contribution < 1.29 is 14.4 Å². The minimum atomic E-state index is -0.151. The Bertz CT molecular complexity index is 1160. The van der Waals surface area contributed by atoms with E-state index in [1.807, 2.05) is 24.3 Å². The van der Waals surface area contributed by atoms with Crippen LogP contribution >= 0.6 is 11.8 Å². The van der Waals surface area contributed by atoms with Gasteiger partial charge < -0.3 is 10.6 Å². The van der Waals surface area contributed by atoms with Gasteiger partial charge in [0.25, 0.3) is 0 Å². The number of hydrogen-bond donors (Lipinski definition) is 2. The largest absolute Gasteiger partial charge is 0.326 e. The summed E-state index contributed by atoms with van der Waals surface area (Å²) in [5.74, 6) is 0.0384. The van der Waals surface area contributed by atoms with Gasteiger partial charge in [0.1, 0.15) is 6.33 Å². The number of ketones is 1. The summed E-state index contributed by atoms with van der Waals surface area (Å²) >= 11 is 1.30. The molecule has 0 saturated carbocycles. The number of anilines is 2. The van der Waals surface area contributed by atoms with Crippen LogP contribution in [-0.2, 0) is 16.0 Å². The first-order valence-corrected chi connectivity index (χ1v) is 10.8. The molecule has 1 aliphatic heterocycles. The van der Waals surface area contributed by atoms with E-state index in [0.29, 0.717) is 22.8 Å². The minimum absolute atomic E-state index is 0.00953. The average Bonchev–Trinajstić information content (AvgIpc) is 3.13. The molecule has 0 aliphatic carbocycles. The Morgan fingerprint density at radius 1 is 1.19 bits per heavy atom. The maximum absolute atomic E-state index is 12.8. The van der Waals surface area contributed by atoms with Crippen molar-refractivity contribution >= 4 is 40.7 Å². The van der Waals surface area contributed by atoms with E-state index < -0.39 is 0 Å². The van der Waals surface area contributed by atoms with Gasteiger partial charge in [0.2, 0.25) is 11.8 Å². The third-order valence-electron chi connectivity index (χ3n) is 4.84. The third-order valence-corrected chi connectivity index (χ3v) is 5.79. The van der Waals surface area contributed by atoms with Crippen molar-refractivity contribution in [2.75, 3.05) is 16.4 Å². The molecule has 9 heteroatoms. The van der Waals surface area contributed by atoms with Crippen LogP contribution in [0.4, 0.5) is 11.4 Å². The van der Waals surface area contributed by atoms with Gasteiger partial charge in [0.05, 0.1) is 11.4 Å². The van der Waals surface area contributed by atoms with E-state index in [9.17, 15) is 14.4 Å². The summed E-state index contributed by atoms with van der Waals surface area (Å²) in [5, 5.41) is 14.3. The molecule has 4 rings (SSSR count). The summed E-state index contributed by atoms with van der Waals surface area (Å²) in [7, 11) is 0. The standard InChI is InChI=1S/C22H21N5O3S/c1-14(28)24-17-5-3-6-18(11-17)27-13-23-26-22(27)31-12-20(29)16-8-9-19-15(10-16)4-2-7-21(30)25-19/h3,5-6,8-11,13H,2,4,7,12H2,1H3,(H,24,28)(H,25,30). The number of Topliss-reactive ketones (excluding diaryl/α,β-unsaturated/α-hetero) is 1. The van der Waals surface area contributed by atoms with E-state index in [1.165, 1.54) is 18.7 Å². The highest BCUT2D eigenvalue weighted by atomic mass is 32.2. The third kappa shape index (κ3) is 5.00. The second-order valence-electron chi connectivity index (χ2n) is 7.20. The highest BCUT2D eigenvalue weighted by Gasteiger charge is 2.16. The fraction of sp³-hybridized carbons (Fsp3) is 0.227. The quantitative estimate of drug-likeness (QED) is 0.454. The Hall–Kier alpha value is -3.46. The van der Waals surface area contributed by atoms with Crippen LogP contribution in [-0.4, -0.2) is 38.1 Å². The van der Waals surface area contributed by atoms with Gasteiger partial charge in [0.15, 0.2) is 10.9 Å². The molecule has 3 aromatic rings. The fourth-order valence-corrected chi connectivity index (χ4v) is 4.22. The summed E-state index contributed by atoms with van der Waals surface area (Å²) in [6.45, 7) is 1.45. The van der Waals surface area contributed by atoms with Crippen molar-refractivity contribution in [3.05, 3.63) is 59.9 Å². The van der Waals surface area contributed by atoms with E-state index in [4.69, 9.17) is 0 Å². The number of nitrogens with one attached hydrogen (secondary N) is 2. The number of carbonyl (C=O) groups is 3. The molecule has 0 atom stereocenters. The molecular weight excluding hydrogens is 414 g/mol. The van der Waals surface area contributed by atoms with Gasteiger partial charge in [-0.2, -0.15) is 0 Å². The first kappa shape index (κ1) is 20.8. The van der Waals surface area contributed by atoms with Gasteiger partial charge in [-0.15, -0.1) is 10.2 Å². The van der Waals surface area contributed by atoms with Crippen LogP contribution in [0.1, 0.15) is 35.7 Å². The molecule has 2 aromatic carbocycles. The molecule has 1 aromatic heterocycles. The Balaban J connectivity index is 1.47. The Kier molecular flexibility index (Phi) is 6.13. The van der Waals surface area contributed by atoms with E-state index in [0.717, 1.165) is 29.8 Å². The van der Waals surface area contributed by atoms with Crippen LogP contribution in [0.15, 0.2) is 53.9 Å². The monoisotopic (exact) mass is 435 g/mol. The first-order chi connectivity index (χ1) is 15.0. The van der Waals surface area contributed by atoms with Crippen LogP contribution in [0.25, 0.3) is 5.69 Å². The van der Waals surface area contributed by atoms with Gasteiger partial charge in [-0.1, -0.05) is 17.8 Å². The number of fused-ring (bicyclic) bond motifs is 1. The zero-order chi connectivity index (χ0) is 21.8. The number of thioether (sulfide) groups is 1. The molecule has 0 radical (unpaired) electrons. The van der Waals surface area contributed by atoms with Crippen LogP contribution < -0.4 is 10.6 Å². The number of nitrogens with zero attached hydrogens (tertiary/aromatic N) is 3. The second kappa shape index (κ2) is 9.13. The summed E-state index contributed by atoms with van der Waals surface area (Å²) < 4.78 is 1.77. The number of amides is 2. The number of hydrogen-bond acceptors (Lipinski definition) is 6. The van der Waals surface area contributed by atoms with E-state index in [1.54, 1.807) is 29.1 Å². The molecule has 2 heterocycles. The lowest BCUT2D eigenvalue weighted by molar-refractivity contribution is -0.116. The van der Waals surface area contributed by atoms with Crippen LogP contribution in [0.5, 0.6) is 0 Å². The number of carbonyl (C=O) groups excluding carboxylic acids is 3. The first-order valence-electron chi connectivity index (χ1n) is 9.86. The van der Waals surface area contributed by atoms with Crippen molar-refractivity contribution in [3.63, 3.8) is 0 Å². The number of rotatable bonds is 6. The fourth-order valence-electron chi connectivity index (χ4n) is 3.40. The normalized spacial score (nSPS) is 13.1. The molecule has 2 amide bonds. The number of aryl methyl sites for hydroxylation is 1. The van der Waals surface area contributed by atoms with E-state index >= 15 is 0 Å². The molecule has 0 fully saturated rings. The highest BCUT2D eigenvalue weighted by Crippen LogP contribution is 2.26. The lowest BCUT2D eigenvalue weighted by Gasteiger charge is -2.10. The van der Waals surface area contributed by atoms with Crippen molar-refractivity contribution in [1.82, 2.24) is 14.8 Å². The van der Waals surface area contributed by atoms with Crippen molar-refractivity contribution in [2.45, 2.75) is 31.3 Å². The van der Waals surface area contributed by atoms with Crippen molar-refractivity contribution in [3.8, 4) is 5.69 Å². The lowest BCUT2D eigenvalue weighted by Crippen LogP contribution is -2.10. The number of aromatic nitrogens is 3. The van der Waals surface area contributed by atoms with Crippen LogP contribution in [0, 0.1) is 0 Å². The molecule has 2 N–H and O–H groups in total. The SMILES string of the molecule is CC(=O)Nc1cccc(-n2cnnc2SCC(=O)c2ccc3c(c2)CCCC(=O)N3)c1. The number of benzene rings is 2. The topological polar surface area (TPSA) is 106 Å². The molecule has 158 valence electrons. The van der Waals surface area contributed by atoms with Crippen LogP contribution in [0.2, 0.25) is 0 Å². The lowest BCUT2D eigenvalue weighted by atomic mass is 10.0. The average molecular weight is 436 g/mol. The summed E-state index contributed by atoms with van der Waals surface area (Å²) in [6.07, 6.45) is 3.60.